The number of anilines is 2. The molecule has 2 aromatic rings. The molecule has 0 unspecified atom stereocenters. The van der Waals surface area contributed by atoms with Crippen LogP contribution < -0.4 is 5.32 Å². The van der Waals surface area contributed by atoms with Crippen LogP contribution in [0, 0.1) is 5.82 Å². The Balaban J connectivity index is 1.78. The highest BCUT2D eigenvalue weighted by molar-refractivity contribution is 7.09. The van der Waals surface area contributed by atoms with Crippen molar-refractivity contribution >= 4 is 28.3 Å². The molecule has 1 saturated carbocycles. The van der Waals surface area contributed by atoms with Gasteiger partial charge in [-0.05, 0) is 31.0 Å². The lowest BCUT2D eigenvalue weighted by molar-refractivity contribution is 0.0692. The van der Waals surface area contributed by atoms with Crippen molar-refractivity contribution < 1.29 is 14.3 Å². The molecule has 1 aliphatic rings. The molecule has 0 bridgehead atoms. The predicted molar refractivity (Wildman–Crippen MR) is 68.5 cm³/mol. The fourth-order valence-corrected chi connectivity index (χ4v) is 2.35. The van der Waals surface area contributed by atoms with Crippen LogP contribution in [0.2, 0.25) is 0 Å². The third kappa shape index (κ3) is 2.55. The van der Waals surface area contributed by atoms with E-state index in [4.69, 9.17) is 5.11 Å². The molecule has 0 amide bonds. The first-order chi connectivity index (χ1) is 9.13. The van der Waals surface area contributed by atoms with Crippen LogP contribution in [0.25, 0.3) is 0 Å². The summed E-state index contributed by atoms with van der Waals surface area (Å²) in [5, 5.41) is 12.3. The number of carbonyl (C=O) groups is 1. The molecule has 98 valence electrons. The summed E-state index contributed by atoms with van der Waals surface area (Å²) in [6.07, 6.45) is 2.25. The molecule has 0 atom stereocenters. The number of hydrogen-bond donors (Lipinski definition) is 2. The summed E-state index contributed by atoms with van der Waals surface area (Å²) in [6.45, 7) is 0. The number of halogens is 1. The quantitative estimate of drug-likeness (QED) is 0.899. The van der Waals surface area contributed by atoms with Gasteiger partial charge in [0.15, 0.2) is 0 Å². The summed E-state index contributed by atoms with van der Waals surface area (Å²) in [7, 11) is 0. The first-order valence-electron chi connectivity index (χ1n) is 5.77. The van der Waals surface area contributed by atoms with Gasteiger partial charge in [0.2, 0.25) is 5.13 Å². The molecule has 3 rings (SSSR count). The summed E-state index contributed by atoms with van der Waals surface area (Å²) in [5.41, 5.74) is 0.113. The SMILES string of the molecule is O=C(O)c1ccc(Nc2nc(C3CC3)ns2)cc1F. The third-order valence-corrected chi connectivity index (χ3v) is 3.48. The van der Waals surface area contributed by atoms with Gasteiger partial charge in [-0.3, -0.25) is 0 Å². The Bertz CT molecular complexity index is 640. The zero-order valence-electron chi connectivity index (χ0n) is 9.76. The summed E-state index contributed by atoms with van der Waals surface area (Å²) in [6, 6.07) is 3.87. The number of aromatic nitrogens is 2. The van der Waals surface area contributed by atoms with E-state index in [1.54, 1.807) is 0 Å². The van der Waals surface area contributed by atoms with Crippen LogP contribution in [-0.2, 0) is 0 Å². The van der Waals surface area contributed by atoms with Gasteiger partial charge in [0.25, 0.3) is 0 Å². The molecule has 1 fully saturated rings. The second-order valence-electron chi connectivity index (χ2n) is 4.36. The Morgan fingerprint density at radius 1 is 1.47 bits per heavy atom. The Morgan fingerprint density at radius 2 is 2.26 bits per heavy atom. The molecule has 7 heteroatoms. The van der Waals surface area contributed by atoms with Crippen LogP contribution in [0.5, 0.6) is 0 Å². The van der Waals surface area contributed by atoms with Crippen LogP contribution in [-0.4, -0.2) is 20.4 Å². The number of hydrogen-bond acceptors (Lipinski definition) is 5. The van der Waals surface area contributed by atoms with E-state index in [0.29, 0.717) is 16.7 Å². The van der Waals surface area contributed by atoms with Gasteiger partial charge in [0.1, 0.15) is 11.6 Å². The molecule has 0 spiro atoms. The highest BCUT2D eigenvalue weighted by atomic mass is 32.1. The van der Waals surface area contributed by atoms with Crippen LogP contribution in [0.15, 0.2) is 18.2 Å². The minimum atomic E-state index is -1.28. The van der Waals surface area contributed by atoms with E-state index in [9.17, 15) is 9.18 Å². The second-order valence-corrected chi connectivity index (χ2v) is 5.11. The minimum absolute atomic E-state index is 0.346. The third-order valence-electron chi connectivity index (χ3n) is 2.83. The van der Waals surface area contributed by atoms with Crippen LogP contribution >= 0.6 is 11.5 Å². The normalized spacial score (nSPS) is 14.4. The predicted octanol–water partition coefficient (Wildman–Crippen LogP) is 3.00. The second kappa shape index (κ2) is 4.58. The maximum absolute atomic E-state index is 13.5. The number of nitrogens with zero attached hydrogens (tertiary/aromatic N) is 2. The zero-order valence-corrected chi connectivity index (χ0v) is 10.6. The fourth-order valence-electron chi connectivity index (χ4n) is 1.68. The summed E-state index contributed by atoms with van der Waals surface area (Å²) < 4.78 is 17.7. The highest BCUT2D eigenvalue weighted by Gasteiger charge is 2.27. The van der Waals surface area contributed by atoms with Crippen molar-refractivity contribution in [1.82, 2.24) is 9.36 Å². The summed E-state index contributed by atoms with van der Waals surface area (Å²) in [5.74, 6) is -0.756. The fraction of sp³-hybridized carbons (Fsp3) is 0.250. The number of carboxylic acids is 1. The van der Waals surface area contributed by atoms with Crippen LogP contribution in [0.3, 0.4) is 0 Å². The van der Waals surface area contributed by atoms with E-state index in [0.717, 1.165) is 24.7 Å². The van der Waals surface area contributed by atoms with Crippen molar-refractivity contribution in [2.75, 3.05) is 5.32 Å². The lowest BCUT2D eigenvalue weighted by atomic mass is 10.2. The van der Waals surface area contributed by atoms with Crippen molar-refractivity contribution in [3.8, 4) is 0 Å². The van der Waals surface area contributed by atoms with Gasteiger partial charge in [-0.25, -0.2) is 14.2 Å². The monoisotopic (exact) mass is 279 g/mol. The van der Waals surface area contributed by atoms with Gasteiger partial charge >= 0.3 is 5.97 Å². The largest absolute Gasteiger partial charge is 0.478 e. The topological polar surface area (TPSA) is 75.1 Å². The smallest absolute Gasteiger partial charge is 0.338 e. The number of nitrogens with one attached hydrogen (secondary N) is 1. The first kappa shape index (κ1) is 12.0. The number of carboxylic acid groups (broad SMARTS) is 1. The number of aromatic carboxylic acids is 1. The minimum Gasteiger partial charge on any atom is -0.478 e. The lowest BCUT2D eigenvalue weighted by Gasteiger charge is -2.03. The molecule has 1 aliphatic carbocycles. The van der Waals surface area contributed by atoms with Crippen molar-refractivity contribution in [3.05, 3.63) is 35.4 Å². The molecule has 1 aromatic carbocycles. The molecule has 5 nitrogen and oxygen atoms in total. The van der Waals surface area contributed by atoms with Gasteiger partial charge in [-0.1, -0.05) is 0 Å². The average Bonchev–Trinajstić information content (AvgIpc) is 3.10. The van der Waals surface area contributed by atoms with E-state index in [-0.39, 0.29) is 5.56 Å². The van der Waals surface area contributed by atoms with E-state index < -0.39 is 11.8 Å². The van der Waals surface area contributed by atoms with Crippen molar-refractivity contribution in [2.45, 2.75) is 18.8 Å². The maximum Gasteiger partial charge on any atom is 0.338 e. The Morgan fingerprint density at radius 3 is 2.89 bits per heavy atom. The van der Waals surface area contributed by atoms with Gasteiger partial charge in [0.05, 0.1) is 5.56 Å². The first-order valence-corrected chi connectivity index (χ1v) is 6.54. The zero-order chi connectivity index (χ0) is 13.4. The molecule has 1 heterocycles. The molecular formula is C12H10FN3O2S. The molecule has 0 aliphatic heterocycles. The molecule has 0 radical (unpaired) electrons. The van der Waals surface area contributed by atoms with Crippen LogP contribution in [0.4, 0.5) is 15.2 Å². The molecule has 0 saturated heterocycles. The Kier molecular flexibility index (Phi) is 2.90. The van der Waals surface area contributed by atoms with E-state index in [1.165, 1.54) is 23.7 Å². The molecular weight excluding hydrogens is 269 g/mol. The average molecular weight is 279 g/mol. The molecule has 2 N–H and O–H groups in total. The summed E-state index contributed by atoms with van der Waals surface area (Å²) in [4.78, 5) is 15.0. The Labute approximate surface area is 112 Å². The van der Waals surface area contributed by atoms with E-state index >= 15 is 0 Å². The van der Waals surface area contributed by atoms with Crippen molar-refractivity contribution in [2.24, 2.45) is 0 Å². The van der Waals surface area contributed by atoms with Crippen molar-refractivity contribution in [1.29, 1.82) is 0 Å². The van der Waals surface area contributed by atoms with Gasteiger partial charge < -0.3 is 10.4 Å². The summed E-state index contributed by atoms with van der Waals surface area (Å²) >= 11 is 1.22. The number of benzene rings is 1. The Hall–Kier alpha value is -2.02. The van der Waals surface area contributed by atoms with E-state index in [1.807, 2.05) is 0 Å². The number of rotatable bonds is 4. The van der Waals surface area contributed by atoms with Gasteiger partial charge in [-0.15, -0.1) is 0 Å². The van der Waals surface area contributed by atoms with Gasteiger partial charge in [-0.2, -0.15) is 4.37 Å². The van der Waals surface area contributed by atoms with Crippen LogP contribution in [0.1, 0.15) is 34.9 Å². The molecule has 1 aromatic heterocycles. The highest BCUT2D eigenvalue weighted by Crippen LogP contribution is 2.39. The van der Waals surface area contributed by atoms with Crippen molar-refractivity contribution in [3.63, 3.8) is 0 Å². The standard InChI is InChI=1S/C12H10FN3O2S/c13-9-5-7(3-4-8(9)11(17)18)14-12-15-10(16-19-12)6-1-2-6/h3-6H,1-2H2,(H,17,18)(H,14,15,16). The lowest BCUT2D eigenvalue weighted by Crippen LogP contribution is -2.01. The molecule has 19 heavy (non-hydrogen) atoms. The van der Waals surface area contributed by atoms with Gasteiger partial charge in [0, 0.05) is 23.1 Å². The maximum atomic E-state index is 13.5. The van der Waals surface area contributed by atoms with E-state index in [2.05, 4.69) is 14.7 Å².